The second-order valence-electron chi connectivity index (χ2n) is 9.11. The molecule has 1 N–H and O–H groups in total. The van der Waals surface area contributed by atoms with Crippen molar-refractivity contribution in [3.63, 3.8) is 0 Å². The quantitative estimate of drug-likeness (QED) is 0.615. The number of unbranched alkanes of at least 4 members (excludes halogenated alkanes) is 1. The van der Waals surface area contributed by atoms with Crippen molar-refractivity contribution in [2.45, 2.75) is 38.1 Å². The molecule has 2 heterocycles. The number of ether oxygens (including phenoxy) is 2. The lowest BCUT2D eigenvalue weighted by Crippen LogP contribution is -2.50. The SMILES string of the molecule is CCCCN(C)CCNC(=O)[C@@H]1c2ccccc2C(=O)N2CCc3cc(OC)c(OC)cc3[C@@H]12. The zero-order valence-corrected chi connectivity index (χ0v) is 20.6. The second kappa shape index (κ2) is 10.5. The summed E-state index contributed by atoms with van der Waals surface area (Å²) in [5.74, 6) is 0.692. The van der Waals surface area contributed by atoms with Crippen LogP contribution in [0.3, 0.4) is 0 Å². The minimum atomic E-state index is -0.494. The molecule has 2 amide bonds. The van der Waals surface area contributed by atoms with Crippen LogP contribution in [-0.4, -0.2) is 69.1 Å². The summed E-state index contributed by atoms with van der Waals surface area (Å²) in [5, 5.41) is 3.16. The molecular formula is C27H35N3O4. The van der Waals surface area contributed by atoms with Gasteiger partial charge in [0.25, 0.3) is 5.91 Å². The maximum absolute atomic E-state index is 13.7. The maximum atomic E-state index is 13.7. The third-order valence-electron chi connectivity index (χ3n) is 6.99. The zero-order valence-electron chi connectivity index (χ0n) is 20.6. The monoisotopic (exact) mass is 465 g/mol. The van der Waals surface area contributed by atoms with Gasteiger partial charge in [-0.1, -0.05) is 31.5 Å². The van der Waals surface area contributed by atoms with Crippen LogP contribution in [0.5, 0.6) is 11.5 Å². The number of rotatable bonds is 9. The Bertz CT molecular complexity index is 1050. The van der Waals surface area contributed by atoms with Crippen LogP contribution in [0, 0.1) is 0 Å². The molecule has 2 atom stereocenters. The van der Waals surface area contributed by atoms with E-state index < -0.39 is 5.92 Å². The number of likely N-dealkylation sites (N-methyl/N-ethyl adjacent to an activating group) is 1. The van der Waals surface area contributed by atoms with E-state index >= 15 is 0 Å². The molecule has 7 nitrogen and oxygen atoms in total. The topological polar surface area (TPSA) is 71.1 Å². The molecule has 2 aromatic rings. The third kappa shape index (κ3) is 4.49. The summed E-state index contributed by atoms with van der Waals surface area (Å²) in [6, 6.07) is 11.0. The van der Waals surface area contributed by atoms with Crippen molar-refractivity contribution >= 4 is 11.8 Å². The van der Waals surface area contributed by atoms with Crippen LogP contribution >= 0.6 is 0 Å². The van der Waals surface area contributed by atoms with Gasteiger partial charge in [0.1, 0.15) is 0 Å². The summed E-state index contributed by atoms with van der Waals surface area (Å²) in [7, 11) is 5.30. The summed E-state index contributed by atoms with van der Waals surface area (Å²) in [5.41, 5.74) is 3.44. The highest BCUT2D eigenvalue weighted by molar-refractivity contribution is 6.01. The molecular weight excluding hydrogens is 430 g/mol. The number of methoxy groups -OCH3 is 2. The van der Waals surface area contributed by atoms with Crippen molar-refractivity contribution in [2.24, 2.45) is 0 Å². The smallest absolute Gasteiger partial charge is 0.254 e. The molecule has 0 saturated carbocycles. The van der Waals surface area contributed by atoms with E-state index in [1.165, 1.54) is 0 Å². The molecule has 182 valence electrons. The Morgan fingerprint density at radius 3 is 2.59 bits per heavy atom. The summed E-state index contributed by atoms with van der Waals surface area (Å²) in [6.07, 6.45) is 2.99. The van der Waals surface area contributed by atoms with Crippen molar-refractivity contribution in [1.82, 2.24) is 15.1 Å². The average Bonchev–Trinajstić information content (AvgIpc) is 2.86. The predicted octanol–water partition coefficient (Wildman–Crippen LogP) is 3.39. The van der Waals surface area contributed by atoms with Crippen LogP contribution in [0.1, 0.15) is 58.8 Å². The number of benzene rings is 2. The molecule has 0 unspecified atom stereocenters. The summed E-state index contributed by atoms with van der Waals surface area (Å²) in [4.78, 5) is 31.2. The molecule has 0 aliphatic carbocycles. The molecule has 0 spiro atoms. The Morgan fingerprint density at radius 2 is 1.85 bits per heavy atom. The normalized spacial score (nSPS) is 18.7. The largest absolute Gasteiger partial charge is 0.493 e. The van der Waals surface area contributed by atoms with E-state index in [1.807, 2.05) is 41.3 Å². The minimum Gasteiger partial charge on any atom is -0.493 e. The third-order valence-corrected chi connectivity index (χ3v) is 6.99. The van der Waals surface area contributed by atoms with E-state index in [0.717, 1.165) is 42.6 Å². The van der Waals surface area contributed by atoms with Crippen LogP contribution in [0.15, 0.2) is 36.4 Å². The van der Waals surface area contributed by atoms with Crippen molar-refractivity contribution < 1.29 is 19.1 Å². The van der Waals surface area contributed by atoms with Gasteiger partial charge in [-0.3, -0.25) is 9.59 Å². The van der Waals surface area contributed by atoms with Gasteiger partial charge in [-0.25, -0.2) is 0 Å². The summed E-state index contributed by atoms with van der Waals surface area (Å²) in [6.45, 7) is 5.10. The van der Waals surface area contributed by atoms with Gasteiger partial charge >= 0.3 is 0 Å². The van der Waals surface area contributed by atoms with E-state index in [2.05, 4.69) is 24.2 Å². The van der Waals surface area contributed by atoms with Crippen molar-refractivity contribution in [3.8, 4) is 11.5 Å². The standard InChI is InChI=1S/C27H35N3O4/c1-5-6-13-29(2)15-12-28-26(31)24-19-9-7-8-10-20(19)27(32)30-14-11-18-16-22(33-3)23(34-4)17-21(18)25(24)30/h7-10,16-17,24-25H,5-6,11-15H2,1-4H3,(H,28,31)/t24-,25+/m1/s1. The molecule has 0 saturated heterocycles. The zero-order chi connectivity index (χ0) is 24.2. The Morgan fingerprint density at radius 1 is 1.12 bits per heavy atom. The van der Waals surface area contributed by atoms with Gasteiger partial charge < -0.3 is 24.6 Å². The molecule has 2 aromatic carbocycles. The van der Waals surface area contributed by atoms with Crippen molar-refractivity contribution in [1.29, 1.82) is 0 Å². The number of nitrogens with one attached hydrogen (secondary N) is 1. The van der Waals surface area contributed by atoms with Crippen LogP contribution < -0.4 is 14.8 Å². The van der Waals surface area contributed by atoms with Gasteiger partial charge in [0.05, 0.1) is 26.2 Å². The van der Waals surface area contributed by atoms with Crippen molar-refractivity contribution in [3.05, 3.63) is 58.7 Å². The molecule has 2 aliphatic heterocycles. The number of nitrogens with zero attached hydrogens (tertiary/aromatic N) is 2. The van der Waals surface area contributed by atoms with Gasteiger partial charge in [-0.15, -0.1) is 0 Å². The van der Waals surface area contributed by atoms with Crippen molar-refractivity contribution in [2.75, 3.05) is 47.4 Å². The summed E-state index contributed by atoms with van der Waals surface area (Å²) >= 11 is 0. The first-order chi connectivity index (χ1) is 16.5. The number of carbonyl (C=O) groups is 2. The lowest BCUT2D eigenvalue weighted by atomic mass is 9.75. The fourth-order valence-corrected chi connectivity index (χ4v) is 5.16. The van der Waals surface area contributed by atoms with E-state index in [-0.39, 0.29) is 17.9 Å². The lowest BCUT2D eigenvalue weighted by Gasteiger charge is -2.45. The highest BCUT2D eigenvalue weighted by Crippen LogP contribution is 2.48. The number of hydrogen-bond donors (Lipinski definition) is 1. The molecule has 0 bridgehead atoms. The van der Waals surface area contributed by atoms with E-state index in [4.69, 9.17) is 9.47 Å². The van der Waals surface area contributed by atoms with E-state index in [1.54, 1.807) is 14.2 Å². The molecule has 34 heavy (non-hydrogen) atoms. The fraction of sp³-hybridized carbons (Fsp3) is 0.481. The van der Waals surface area contributed by atoms with Gasteiger partial charge in [-0.2, -0.15) is 0 Å². The Balaban J connectivity index is 1.69. The minimum absolute atomic E-state index is 0.0237. The first-order valence-corrected chi connectivity index (χ1v) is 12.1. The lowest BCUT2D eigenvalue weighted by molar-refractivity contribution is -0.124. The number of fused-ring (bicyclic) bond motifs is 4. The Labute approximate surface area is 202 Å². The predicted molar refractivity (Wildman–Crippen MR) is 132 cm³/mol. The highest BCUT2D eigenvalue weighted by atomic mass is 16.5. The van der Waals surface area contributed by atoms with Gasteiger partial charge in [-0.05, 0) is 61.3 Å². The highest BCUT2D eigenvalue weighted by Gasteiger charge is 2.46. The van der Waals surface area contributed by atoms with E-state index in [9.17, 15) is 9.59 Å². The Hall–Kier alpha value is -3.06. The average molecular weight is 466 g/mol. The maximum Gasteiger partial charge on any atom is 0.254 e. The molecule has 0 aromatic heterocycles. The summed E-state index contributed by atoms with van der Waals surface area (Å²) < 4.78 is 11.1. The van der Waals surface area contributed by atoms with Crippen LogP contribution in [-0.2, 0) is 11.2 Å². The molecule has 0 radical (unpaired) electrons. The van der Waals surface area contributed by atoms with Gasteiger partial charge in [0, 0.05) is 25.2 Å². The first-order valence-electron chi connectivity index (χ1n) is 12.1. The fourth-order valence-electron chi connectivity index (χ4n) is 5.16. The number of amides is 2. The molecule has 7 heteroatoms. The van der Waals surface area contributed by atoms with Gasteiger partial charge in [0.15, 0.2) is 11.5 Å². The molecule has 2 aliphatic rings. The first kappa shape index (κ1) is 24.1. The van der Waals surface area contributed by atoms with Crippen LogP contribution in [0.2, 0.25) is 0 Å². The van der Waals surface area contributed by atoms with Crippen LogP contribution in [0.25, 0.3) is 0 Å². The molecule has 4 rings (SSSR count). The van der Waals surface area contributed by atoms with Gasteiger partial charge in [0.2, 0.25) is 5.91 Å². The Kier molecular flexibility index (Phi) is 7.41. The van der Waals surface area contributed by atoms with E-state index in [0.29, 0.717) is 36.6 Å². The molecule has 0 fully saturated rings. The second-order valence-corrected chi connectivity index (χ2v) is 9.11. The number of hydrogen-bond acceptors (Lipinski definition) is 5. The number of carbonyl (C=O) groups excluding carboxylic acids is 2. The van der Waals surface area contributed by atoms with Crippen LogP contribution in [0.4, 0.5) is 0 Å².